The summed E-state index contributed by atoms with van der Waals surface area (Å²) in [4.78, 5) is 11.7. The highest BCUT2D eigenvalue weighted by molar-refractivity contribution is 7.92. The molecule has 1 rings (SSSR count). The SMILES string of the molecule is Cc1cc(S(N)(=O)=O)cc(Cl)c1NC(=O)C(C)S(C)(=O)=O. The summed E-state index contributed by atoms with van der Waals surface area (Å²) in [6.45, 7) is 2.76. The van der Waals surface area contributed by atoms with E-state index in [1.165, 1.54) is 19.9 Å². The molecular formula is C11H15ClN2O5S2. The van der Waals surface area contributed by atoms with Gasteiger partial charge in [0.1, 0.15) is 5.25 Å². The predicted molar refractivity (Wildman–Crippen MR) is 80.5 cm³/mol. The van der Waals surface area contributed by atoms with Gasteiger partial charge in [-0.25, -0.2) is 22.0 Å². The number of hydrogen-bond acceptors (Lipinski definition) is 5. The van der Waals surface area contributed by atoms with Crippen LogP contribution in [0.3, 0.4) is 0 Å². The Morgan fingerprint density at radius 3 is 2.19 bits per heavy atom. The average molecular weight is 355 g/mol. The number of nitrogens with one attached hydrogen (secondary N) is 1. The number of aryl methyl sites for hydroxylation is 1. The zero-order valence-electron chi connectivity index (χ0n) is 11.5. The highest BCUT2D eigenvalue weighted by Gasteiger charge is 2.25. The number of rotatable bonds is 4. The maximum Gasteiger partial charge on any atom is 0.242 e. The Bertz CT molecular complexity index is 764. The van der Waals surface area contributed by atoms with Gasteiger partial charge in [0.2, 0.25) is 15.9 Å². The molecule has 0 aliphatic carbocycles. The molecule has 0 radical (unpaired) electrons. The molecule has 0 saturated carbocycles. The van der Waals surface area contributed by atoms with Gasteiger partial charge >= 0.3 is 0 Å². The third-order valence-corrected chi connectivity index (χ3v) is 5.54. The lowest BCUT2D eigenvalue weighted by Crippen LogP contribution is -2.32. The number of amides is 1. The molecule has 0 heterocycles. The first-order valence-corrected chi connectivity index (χ1v) is 9.54. The number of halogens is 1. The van der Waals surface area contributed by atoms with Gasteiger partial charge in [-0.2, -0.15) is 0 Å². The number of benzene rings is 1. The van der Waals surface area contributed by atoms with Crippen LogP contribution >= 0.6 is 11.6 Å². The summed E-state index contributed by atoms with van der Waals surface area (Å²) < 4.78 is 45.2. The molecule has 1 aromatic rings. The number of primary sulfonamides is 1. The van der Waals surface area contributed by atoms with Crippen LogP contribution in [0.4, 0.5) is 5.69 Å². The molecule has 1 aromatic carbocycles. The van der Waals surface area contributed by atoms with E-state index in [4.69, 9.17) is 16.7 Å². The maximum absolute atomic E-state index is 11.9. The first-order valence-electron chi connectivity index (χ1n) is 5.66. The average Bonchev–Trinajstić information content (AvgIpc) is 2.29. The first kappa shape index (κ1) is 17.9. The minimum absolute atomic E-state index is 0.0481. The van der Waals surface area contributed by atoms with Crippen LogP contribution in [0.15, 0.2) is 17.0 Å². The molecule has 3 N–H and O–H groups in total. The van der Waals surface area contributed by atoms with E-state index in [2.05, 4.69) is 5.32 Å². The van der Waals surface area contributed by atoms with Crippen LogP contribution in [0.1, 0.15) is 12.5 Å². The van der Waals surface area contributed by atoms with Crippen LogP contribution < -0.4 is 10.5 Å². The van der Waals surface area contributed by atoms with Crippen LogP contribution in [-0.4, -0.2) is 34.2 Å². The molecule has 0 aliphatic rings. The highest BCUT2D eigenvalue weighted by Crippen LogP contribution is 2.29. The van der Waals surface area contributed by atoms with Gasteiger partial charge < -0.3 is 5.32 Å². The minimum Gasteiger partial charge on any atom is -0.323 e. The Morgan fingerprint density at radius 2 is 1.81 bits per heavy atom. The van der Waals surface area contributed by atoms with E-state index in [1.54, 1.807) is 0 Å². The van der Waals surface area contributed by atoms with Gasteiger partial charge in [0.05, 0.1) is 15.6 Å². The number of carbonyl (C=O) groups is 1. The molecule has 1 atom stereocenters. The number of hydrogen-bond donors (Lipinski definition) is 2. The van der Waals surface area contributed by atoms with Crippen LogP contribution in [0, 0.1) is 6.92 Å². The van der Waals surface area contributed by atoms with Gasteiger partial charge in [-0.1, -0.05) is 11.6 Å². The van der Waals surface area contributed by atoms with Crippen molar-refractivity contribution in [1.82, 2.24) is 0 Å². The second-order valence-electron chi connectivity index (χ2n) is 4.60. The van der Waals surface area contributed by atoms with Gasteiger partial charge in [-0.05, 0) is 31.5 Å². The molecule has 0 saturated heterocycles. The normalized spacial score (nSPS) is 13.8. The summed E-state index contributed by atoms with van der Waals surface area (Å²) in [5, 5.41) is 6.07. The highest BCUT2D eigenvalue weighted by atomic mass is 35.5. The number of carbonyl (C=O) groups excluding carboxylic acids is 1. The van der Waals surface area contributed by atoms with Crippen molar-refractivity contribution in [2.24, 2.45) is 5.14 Å². The number of anilines is 1. The molecule has 0 fully saturated rings. The third-order valence-electron chi connectivity index (χ3n) is 2.85. The molecular weight excluding hydrogens is 340 g/mol. The number of nitrogens with two attached hydrogens (primary N) is 1. The van der Waals surface area contributed by atoms with Crippen LogP contribution in [0.25, 0.3) is 0 Å². The topological polar surface area (TPSA) is 123 Å². The fourth-order valence-electron chi connectivity index (χ4n) is 1.45. The number of sulfone groups is 1. The lowest BCUT2D eigenvalue weighted by molar-refractivity contribution is -0.115. The Balaban J connectivity index is 3.20. The minimum atomic E-state index is -3.93. The summed E-state index contributed by atoms with van der Waals surface area (Å²) in [7, 11) is -7.48. The molecule has 1 amide bonds. The van der Waals surface area contributed by atoms with E-state index in [0.717, 1.165) is 12.3 Å². The summed E-state index contributed by atoms with van der Waals surface area (Å²) in [5.74, 6) is -0.758. The van der Waals surface area contributed by atoms with Gasteiger partial charge in [0.15, 0.2) is 9.84 Å². The first-order chi connectivity index (χ1) is 9.34. The standard InChI is InChI=1S/C11H15ClN2O5S2/c1-6-4-8(21(13,18)19)5-9(12)10(6)14-11(15)7(2)20(3,16)17/h4-5,7H,1-3H3,(H,14,15)(H2,13,18,19). The predicted octanol–water partition coefficient (Wildman–Crippen LogP) is 0.667. The summed E-state index contributed by atoms with van der Waals surface area (Å²) >= 11 is 5.92. The molecule has 118 valence electrons. The Kier molecular flexibility index (Phi) is 5.04. The van der Waals surface area contributed by atoms with Crippen molar-refractivity contribution in [2.75, 3.05) is 11.6 Å². The Labute approximate surface area is 128 Å². The van der Waals surface area contributed by atoms with Crippen LogP contribution in [0.5, 0.6) is 0 Å². The van der Waals surface area contributed by atoms with Crippen molar-refractivity contribution in [3.8, 4) is 0 Å². The molecule has 10 heteroatoms. The lowest BCUT2D eigenvalue weighted by Gasteiger charge is -2.14. The van der Waals surface area contributed by atoms with Gasteiger partial charge in [0.25, 0.3) is 0 Å². The van der Waals surface area contributed by atoms with E-state index in [9.17, 15) is 21.6 Å². The van der Waals surface area contributed by atoms with Crippen molar-refractivity contribution in [1.29, 1.82) is 0 Å². The summed E-state index contributed by atoms with van der Waals surface area (Å²) in [5.41, 5.74) is 0.491. The second-order valence-corrected chi connectivity index (χ2v) is 8.94. The summed E-state index contributed by atoms with van der Waals surface area (Å²) in [6.07, 6.45) is 0.940. The monoisotopic (exact) mass is 354 g/mol. The van der Waals surface area contributed by atoms with E-state index in [0.29, 0.717) is 5.56 Å². The van der Waals surface area contributed by atoms with Crippen molar-refractivity contribution < 1.29 is 21.6 Å². The molecule has 0 spiro atoms. The Morgan fingerprint density at radius 1 is 1.29 bits per heavy atom. The maximum atomic E-state index is 11.9. The van der Waals surface area contributed by atoms with E-state index >= 15 is 0 Å². The molecule has 0 bridgehead atoms. The van der Waals surface area contributed by atoms with Crippen molar-refractivity contribution >= 4 is 43.1 Å². The van der Waals surface area contributed by atoms with Crippen molar-refractivity contribution in [2.45, 2.75) is 24.0 Å². The molecule has 0 aromatic heterocycles. The fourth-order valence-corrected chi connectivity index (χ4v) is 2.90. The van der Waals surface area contributed by atoms with E-state index < -0.39 is 31.0 Å². The lowest BCUT2D eigenvalue weighted by atomic mass is 10.2. The quantitative estimate of drug-likeness (QED) is 0.822. The zero-order valence-corrected chi connectivity index (χ0v) is 13.9. The largest absolute Gasteiger partial charge is 0.323 e. The number of sulfonamides is 1. The molecule has 1 unspecified atom stereocenters. The van der Waals surface area contributed by atoms with Crippen molar-refractivity contribution in [3.05, 3.63) is 22.7 Å². The summed E-state index contributed by atoms with van der Waals surface area (Å²) in [6, 6.07) is 2.33. The molecule has 0 aliphatic heterocycles. The van der Waals surface area contributed by atoms with Crippen LogP contribution in [0.2, 0.25) is 5.02 Å². The Hall–Kier alpha value is -1.16. The van der Waals surface area contributed by atoms with E-state index in [-0.39, 0.29) is 15.6 Å². The van der Waals surface area contributed by atoms with Gasteiger partial charge in [-0.15, -0.1) is 0 Å². The van der Waals surface area contributed by atoms with Crippen molar-refractivity contribution in [3.63, 3.8) is 0 Å². The van der Waals surface area contributed by atoms with Gasteiger partial charge in [0, 0.05) is 6.26 Å². The van der Waals surface area contributed by atoms with E-state index in [1.807, 2.05) is 0 Å². The second kappa shape index (κ2) is 5.91. The molecule has 21 heavy (non-hydrogen) atoms. The third kappa shape index (κ3) is 4.40. The van der Waals surface area contributed by atoms with Gasteiger partial charge in [-0.3, -0.25) is 4.79 Å². The fraction of sp³-hybridized carbons (Fsp3) is 0.364. The van der Waals surface area contributed by atoms with Crippen LogP contribution in [-0.2, 0) is 24.7 Å². The smallest absolute Gasteiger partial charge is 0.242 e. The molecule has 7 nitrogen and oxygen atoms in total. The zero-order chi connectivity index (χ0) is 16.6.